The molecular weight excluding hydrogens is 443 g/mol. The van der Waals surface area contributed by atoms with E-state index in [1.165, 1.54) is 5.56 Å². The lowest BCUT2D eigenvalue weighted by molar-refractivity contribution is 0.414. The molecule has 0 aliphatic carbocycles. The smallest absolute Gasteiger partial charge is 0.191 e. The van der Waals surface area contributed by atoms with Gasteiger partial charge in [0.1, 0.15) is 18.1 Å². The number of aryl methyl sites for hydroxylation is 1. The Morgan fingerprint density at radius 3 is 2.77 bits per heavy atom. The predicted octanol–water partition coefficient (Wildman–Crippen LogP) is 2.15. The molecule has 1 aromatic heterocycles. The monoisotopic (exact) mass is 470 g/mol. The molecular formula is C18H27IN6O. The zero-order valence-electron chi connectivity index (χ0n) is 15.4. The SMILES string of the molecule is CCNC(=NCc1nnc2n1CCC2)NCCc1ccc(OC)cc1.I. The first-order valence-corrected chi connectivity index (χ1v) is 8.86. The second-order valence-corrected chi connectivity index (χ2v) is 6.01. The van der Waals surface area contributed by atoms with Crippen molar-refractivity contribution in [2.45, 2.75) is 39.3 Å². The van der Waals surface area contributed by atoms with Gasteiger partial charge >= 0.3 is 0 Å². The second kappa shape index (κ2) is 10.3. The van der Waals surface area contributed by atoms with E-state index in [0.717, 1.165) is 62.3 Å². The summed E-state index contributed by atoms with van der Waals surface area (Å²) < 4.78 is 7.37. The van der Waals surface area contributed by atoms with Crippen LogP contribution in [-0.4, -0.2) is 40.9 Å². The number of hydrogen-bond donors (Lipinski definition) is 2. The molecule has 0 amide bonds. The van der Waals surface area contributed by atoms with E-state index in [0.29, 0.717) is 6.54 Å². The molecule has 7 nitrogen and oxygen atoms in total. The third kappa shape index (κ3) is 5.33. The Morgan fingerprint density at radius 1 is 1.23 bits per heavy atom. The summed E-state index contributed by atoms with van der Waals surface area (Å²) in [6.07, 6.45) is 3.10. The van der Waals surface area contributed by atoms with Gasteiger partial charge in [0.25, 0.3) is 0 Å². The van der Waals surface area contributed by atoms with E-state index in [4.69, 9.17) is 4.74 Å². The van der Waals surface area contributed by atoms with Gasteiger partial charge in [-0.2, -0.15) is 0 Å². The van der Waals surface area contributed by atoms with Crippen LogP contribution in [0.1, 0.15) is 30.6 Å². The lowest BCUT2D eigenvalue weighted by Gasteiger charge is -2.11. The lowest BCUT2D eigenvalue weighted by atomic mass is 10.1. The summed E-state index contributed by atoms with van der Waals surface area (Å²) in [7, 11) is 1.68. The van der Waals surface area contributed by atoms with Crippen LogP contribution >= 0.6 is 24.0 Å². The van der Waals surface area contributed by atoms with Gasteiger partial charge < -0.3 is 19.9 Å². The number of ether oxygens (including phenoxy) is 1. The molecule has 2 N–H and O–H groups in total. The van der Waals surface area contributed by atoms with E-state index in [-0.39, 0.29) is 24.0 Å². The van der Waals surface area contributed by atoms with Crippen LogP contribution in [0.2, 0.25) is 0 Å². The zero-order chi connectivity index (χ0) is 17.5. The molecule has 0 bridgehead atoms. The first-order valence-electron chi connectivity index (χ1n) is 8.86. The van der Waals surface area contributed by atoms with E-state index in [1.807, 2.05) is 12.1 Å². The quantitative estimate of drug-likeness (QED) is 0.369. The van der Waals surface area contributed by atoms with Crippen LogP contribution in [0.25, 0.3) is 0 Å². The Balaban J connectivity index is 0.00000243. The van der Waals surface area contributed by atoms with Crippen LogP contribution in [-0.2, 0) is 25.9 Å². The molecule has 0 fully saturated rings. The predicted molar refractivity (Wildman–Crippen MR) is 113 cm³/mol. The van der Waals surface area contributed by atoms with E-state index in [1.54, 1.807) is 7.11 Å². The van der Waals surface area contributed by atoms with Gasteiger partial charge in [-0.25, -0.2) is 4.99 Å². The van der Waals surface area contributed by atoms with Crippen molar-refractivity contribution in [3.63, 3.8) is 0 Å². The fourth-order valence-corrected chi connectivity index (χ4v) is 2.94. The van der Waals surface area contributed by atoms with Crippen molar-refractivity contribution >= 4 is 29.9 Å². The molecule has 3 rings (SSSR count). The number of aromatic nitrogens is 3. The first kappa shape index (κ1) is 20.5. The number of benzene rings is 1. The number of methoxy groups -OCH3 is 1. The van der Waals surface area contributed by atoms with Crippen molar-refractivity contribution in [2.24, 2.45) is 4.99 Å². The normalized spacial score (nSPS) is 13.1. The van der Waals surface area contributed by atoms with Crippen molar-refractivity contribution < 1.29 is 4.74 Å². The Hall–Kier alpha value is -1.84. The van der Waals surface area contributed by atoms with Gasteiger partial charge in [0.2, 0.25) is 0 Å². The molecule has 2 aromatic rings. The Morgan fingerprint density at radius 2 is 2.04 bits per heavy atom. The maximum atomic E-state index is 5.19. The van der Waals surface area contributed by atoms with Crippen LogP contribution < -0.4 is 15.4 Å². The highest BCUT2D eigenvalue weighted by Gasteiger charge is 2.16. The van der Waals surface area contributed by atoms with Crippen molar-refractivity contribution in [2.75, 3.05) is 20.2 Å². The standard InChI is InChI=1S/C18H26N6O.HI/c1-3-19-18(20-11-10-14-6-8-15(25-2)9-7-14)21-13-17-23-22-16-5-4-12-24(16)17;/h6-9H,3-5,10-13H2,1-2H3,(H2,19,20,21);1H. The highest BCUT2D eigenvalue weighted by Crippen LogP contribution is 2.14. The minimum Gasteiger partial charge on any atom is -0.497 e. The van der Waals surface area contributed by atoms with E-state index >= 15 is 0 Å². The fourth-order valence-electron chi connectivity index (χ4n) is 2.94. The lowest BCUT2D eigenvalue weighted by Crippen LogP contribution is -2.38. The van der Waals surface area contributed by atoms with Crippen molar-refractivity contribution in [3.8, 4) is 5.75 Å². The first-order chi connectivity index (χ1) is 12.3. The largest absolute Gasteiger partial charge is 0.497 e. The number of halogens is 1. The maximum absolute atomic E-state index is 5.19. The van der Waals surface area contributed by atoms with Gasteiger partial charge in [0.05, 0.1) is 7.11 Å². The van der Waals surface area contributed by atoms with Crippen molar-refractivity contribution in [3.05, 3.63) is 41.5 Å². The van der Waals surface area contributed by atoms with Crippen LogP contribution in [0.3, 0.4) is 0 Å². The molecule has 26 heavy (non-hydrogen) atoms. The summed E-state index contributed by atoms with van der Waals surface area (Å²) in [6, 6.07) is 8.15. The average Bonchev–Trinajstić information content (AvgIpc) is 3.24. The minimum atomic E-state index is 0. The minimum absolute atomic E-state index is 0. The molecule has 0 saturated heterocycles. The molecule has 8 heteroatoms. The topological polar surface area (TPSA) is 76.4 Å². The highest BCUT2D eigenvalue weighted by molar-refractivity contribution is 14.0. The highest BCUT2D eigenvalue weighted by atomic mass is 127. The third-order valence-corrected chi connectivity index (χ3v) is 4.27. The zero-order valence-corrected chi connectivity index (χ0v) is 17.7. The van der Waals surface area contributed by atoms with E-state index in [9.17, 15) is 0 Å². The van der Waals surface area contributed by atoms with Gasteiger partial charge in [-0.05, 0) is 37.5 Å². The second-order valence-electron chi connectivity index (χ2n) is 6.01. The number of rotatable bonds is 7. The van der Waals surface area contributed by atoms with Gasteiger partial charge in [-0.15, -0.1) is 34.2 Å². The summed E-state index contributed by atoms with van der Waals surface area (Å²) >= 11 is 0. The number of guanidine groups is 1. The summed E-state index contributed by atoms with van der Waals surface area (Å²) in [4.78, 5) is 4.64. The molecule has 0 unspecified atom stereocenters. The molecule has 1 aliphatic heterocycles. The Kier molecular flexibility index (Phi) is 8.14. The summed E-state index contributed by atoms with van der Waals surface area (Å²) in [6.45, 7) is 5.26. The average molecular weight is 470 g/mol. The number of nitrogens with zero attached hydrogens (tertiary/aromatic N) is 4. The summed E-state index contributed by atoms with van der Waals surface area (Å²) in [5.74, 6) is 3.72. The maximum Gasteiger partial charge on any atom is 0.191 e. The summed E-state index contributed by atoms with van der Waals surface area (Å²) in [5.41, 5.74) is 1.26. The molecule has 1 aromatic carbocycles. The molecule has 142 valence electrons. The van der Waals surface area contributed by atoms with Crippen LogP contribution in [0.15, 0.2) is 29.3 Å². The van der Waals surface area contributed by atoms with Crippen LogP contribution in [0.4, 0.5) is 0 Å². The Bertz CT molecular complexity index is 713. The fraction of sp³-hybridized carbons (Fsp3) is 0.500. The van der Waals surface area contributed by atoms with Crippen LogP contribution in [0, 0.1) is 0 Å². The van der Waals surface area contributed by atoms with E-state index < -0.39 is 0 Å². The number of hydrogen-bond acceptors (Lipinski definition) is 4. The van der Waals surface area contributed by atoms with E-state index in [2.05, 4.69) is 49.4 Å². The molecule has 0 saturated carbocycles. The van der Waals surface area contributed by atoms with Gasteiger partial charge in [-0.1, -0.05) is 12.1 Å². The van der Waals surface area contributed by atoms with Gasteiger partial charge in [0, 0.05) is 26.1 Å². The Labute approximate surface area is 171 Å². The number of nitrogens with one attached hydrogen (secondary N) is 2. The van der Waals surface area contributed by atoms with Crippen molar-refractivity contribution in [1.29, 1.82) is 0 Å². The van der Waals surface area contributed by atoms with Crippen molar-refractivity contribution in [1.82, 2.24) is 25.4 Å². The third-order valence-electron chi connectivity index (χ3n) is 4.27. The molecule has 2 heterocycles. The van der Waals surface area contributed by atoms with Gasteiger partial charge in [0.15, 0.2) is 11.8 Å². The number of aliphatic imine (C=N–C) groups is 1. The van der Waals surface area contributed by atoms with Gasteiger partial charge in [-0.3, -0.25) is 0 Å². The molecule has 0 radical (unpaired) electrons. The summed E-state index contributed by atoms with van der Waals surface area (Å²) in [5, 5.41) is 15.1. The van der Waals surface area contributed by atoms with Crippen LogP contribution in [0.5, 0.6) is 5.75 Å². The molecule has 1 aliphatic rings. The molecule has 0 spiro atoms. The molecule has 0 atom stereocenters. The number of fused-ring (bicyclic) bond motifs is 1.